The molecule has 3 rings (SSSR count). The van der Waals surface area contributed by atoms with Crippen molar-refractivity contribution in [3.8, 4) is 6.07 Å². The van der Waals surface area contributed by atoms with E-state index in [0.29, 0.717) is 11.4 Å². The maximum atomic E-state index is 8.92. The summed E-state index contributed by atoms with van der Waals surface area (Å²) in [5.41, 5.74) is 2.13. The molecule has 2 aromatic carbocycles. The predicted molar refractivity (Wildman–Crippen MR) is 79.0 cm³/mol. The van der Waals surface area contributed by atoms with Crippen molar-refractivity contribution in [3.05, 3.63) is 59.4 Å². The molecular weight excluding hydrogens is 272 g/mol. The maximum absolute atomic E-state index is 8.92. The summed E-state index contributed by atoms with van der Waals surface area (Å²) < 4.78 is 0. The molecule has 1 N–H and O–H groups in total. The zero-order valence-corrected chi connectivity index (χ0v) is 11.1. The lowest BCUT2D eigenvalue weighted by atomic mass is 10.2. The molecule has 0 spiro atoms. The van der Waals surface area contributed by atoms with E-state index in [1.807, 2.05) is 36.4 Å². The molecule has 96 valence electrons. The van der Waals surface area contributed by atoms with Crippen LogP contribution in [0.4, 0.5) is 11.5 Å². The van der Waals surface area contributed by atoms with Crippen molar-refractivity contribution in [1.82, 2.24) is 9.97 Å². The largest absolute Gasteiger partial charge is 0.340 e. The summed E-state index contributed by atoms with van der Waals surface area (Å²) in [5, 5.41) is 13.2. The lowest BCUT2D eigenvalue weighted by Gasteiger charge is -2.09. The van der Waals surface area contributed by atoms with Gasteiger partial charge in [0.25, 0.3) is 0 Å². The molecule has 1 aromatic heterocycles. The van der Waals surface area contributed by atoms with Crippen molar-refractivity contribution in [1.29, 1.82) is 5.26 Å². The fraction of sp³-hybridized carbons (Fsp3) is 0. The molecule has 5 heteroatoms. The van der Waals surface area contributed by atoms with E-state index in [9.17, 15) is 0 Å². The number of anilines is 2. The Balaban J connectivity index is 2.08. The van der Waals surface area contributed by atoms with Crippen molar-refractivity contribution >= 4 is 34.0 Å². The zero-order chi connectivity index (χ0) is 13.9. The Labute approximate surface area is 120 Å². The van der Waals surface area contributed by atoms with Gasteiger partial charge in [-0.25, -0.2) is 4.98 Å². The molecule has 0 aliphatic carbocycles. The molecule has 0 unspecified atom stereocenters. The van der Waals surface area contributed by atoms with Crippen molar-refractivity contribution in [3.63, 3.8) is 0 Å². The number of halogens is 1. The van der Waals surface area contributed by atoms with Gasteiger partial charge in [0.15, 0.2) is 0 Å². The second-order valence-electron chi connectivity index (χ2n) is 4.18. The fourth-order valence-electron chi connectivity index (χ4n) is 1.95. The number of hydrogen-bond acceptors (Lipinski definition) is 4. The van der Waals surface area contributed by atoms with Crippen molar-refractivity contribution in [2.75, 3.05) is 5.32 Å². The first-order valence-electron chi connectivity index (χ1n) is 5.96. The first-order chi connectivity index (χ1) is 9.76. The van der Waals surface area contributed by atoms with Gasteiger partial charge in [0.05, 0.1) is 17.1 Å². The zero-order valence-electron chi connectivity index (χ0n) is 10.3. The molecule has 0 radical (unpaired) electrons. The second-order valence-corrected chi connectivity index (χ2v) is 4.51. The molecule has 0 saturated carbocycles. The number of para-hydroxylation sites is 1. The number of aromatic nitrogens is 2. The number of nitriles is 1. The molecule has 0 aliphatic rings. The fourth-order valence-corrected chi connectivity index (χ4v) is 2.12. The molecule has 0 saturated heterocycles. The molecule has 1 heterocycles. The van der Waals surface area contributed by atoms with Gasteiger partial charge in [-0.2, -0.15) is 10.2 Å². The van der Waals surface area contributed by atoms with Crippen LogP contribution in [0, 0.1) is 11.3 Å². The summed E-state index contributed by atoms with van der Waals surface area (Å²) in [4.78, 5) is 8.39. The number of nitrogens with zero attached hydrogens (tertiary/aromatic N) is 3. The summed E-state index contributed by atoms with van der Waals surface area (Å²) in [5.74, 6) is 0.621. The van der Waals surface area contributed by atoms with Gasteiger partial charge in [0, 0.05) is 11.1 Å². The van der Waals surface area contributed by atoms with Gasteiger partial charge in [0.2, 0.25) is 5.28 Å². The number of nitrogens with one attached hydrogen (secondary N) is 1. The number of rotatable bonds is 2. The second kappa shape index (κ2) is 5.16. The summed E-state index contributed by atoms with van der Waals surface area (Å²) in [6.07, 6.45) is 0. The minimum Gasteiger partial charge on any atom is -0.340 e. The third-order valence-electron chi connectivity index (χ3n) is 2.83. The van der Waals surface area contributed by atoms with Gasteiger partial charge in [-0.05, 0) is 41.9 Å². The molecule has 0 fully saturated rings. The van der Waals surface area contributed by atoms with Crippen LogP contribution in [0.1, 0.15) is 5.56 Å². The van der Waals surface area contributed by atoms with Crippen molar-refractivity contribution < 1.29 is 0 Å². The highest BCUT2D eigenvalue weighted by Crippen LogP contribution is 2.25. The van der Waals surface area contributed by atoms with Crippen LogP contribution in [0.2, 0.25) is 5.28 Å². The van der Waals surface area contributed by atoms with Crippen LogP contribution in [0.3, 0.4) is 0 Å². The smallest absolute Gasteiger partial charge is 0.224 e. The van der Waals surface area contributed by atoms with Crippen LogP contribution in [-0.4, -0.2) is 9.97 Å². The highest BCUT2D eigenvalue weighted by Gasteiger charge is 2.06. The standard InChI is InChI=1S/C15H9ClN4/c16-15-19-13-7-2-1-6-12(13)14(20-15)18-11-5-3-4-10(8-11)9-17/h1-8H,(H,18,19,20). The Morgan fingerprint density at radius 2 is 1.90 bits per heavy atom. The van der Waals surface area contributed by atoms with E-state index in [4.69, 9.17) is 16.9 Å². The molecule has 20 heavy (non-hydrogen) atoms. The normalized spacial score (nSPS) is 10.2. The van der Waals surface area contributed by atoms with E-state index in [1.54, 1.807) is 12.1 Å². The first-order valence-corrected chi connectivity index (χ1v) is 6.33. The lowest BCUT2D eigenvalue weighted by molar-refractivity contribution is 1.22. The van der Waals surface area contributed by atoms with E-state index in [2.05, 4.69) is 21.4 Å². The Kier molecular flexibility index (Phi) is 3.20. The molecule has 0 aliphatic heterocycles. The van der Waals surface area contributed by atoms with E-state index in [1.165, 1.54) is 0 Å². The van der Waals surface area contributed by atoms with E-state index < -0.39 is 0 Å². The van der Waals surface area contributed by atoms with Gasteiger partial charge < -0.3 is 5.32 Å². The summed E-state index contributed by atoms with van der Waals surface area (Å²) in [7, 11) is 0. The first kappa shape index (κ1) is 12.4. The molecule has 0 bridgehead atoms. The minimum atomic E-state index is 0.183. The highest BCUT2D eigenvalue weighted by atomic mass is 35.5. The molecule has 3 aromatic rings. The van der Waals surface area contributed by atoms with Gasteiger partial charge in [-0.15, -0.1) is 0 Å². The molecule has 4 nitrogen and oxygen atoms in total. The van der Waals surface area contributed by atoms with Crippen LogP contribution in [0.5, 0.6) is 0 Å². The molecular formula is C15H9ClN4. The Morgan fingerprint density at radius 3 is 2.75 bits per heavy atom. The topological polar surface area (TPSA) is 61.6 Å². The minimum absolute atomic E-state index is 0.183. The SMILES string of the molecule is N#Cc1cccc(Nc2nc(Cl)nc3ccccc23)c1. The predicted octanol–water partition coefficient (Wildman–Crippen LogP) is 3.90. The number of fused-ring (bicyclic) bond motifs is 1. The van der Waals surface area contributed by atoms with Gasteiger partial charge >= 0.3 is 0 Å². The van der Waals surface area contributed by atoms with E-state index in [-0.39, 0.29) is 5.28 Å². The monoisotopic (exact) mass is 280 g/mol. The third-order valence-corrected chi connectivity index (χ3v) is 3.00. The highest BCUT2D eigenvalue weighted by molar-refractivity contribution is 6.28. The lowest BCUT2D eigenvalue weighted by Crippen LogP contribution is -1.97. The number of hydrogen-bond donors (Lipinski definition) is 1. The van der Waals surface area contributed by atoms with Crippen molar-refractivity contribution in [2.24, 2.45) is 0 Å². The van der Waals surface area contributed by atoms with Gasteiger partial charge in [-0.3, -0.25) is 0 Å². The summed E-state index contributed by atoms with van der Waals surface area (Å²) in [6.45, 7) is 0. The average molecular weight is 281 g/mol. The Hall–Kier alpha value is -2.64. The van der Waals surface area contributed by atoms with Gasteiger partial charge in [-0.1, -0.05) is 18.2 Å². The average Bonchev–Trinajstić information content (AvgIpc) is 2.47. The summed E-state index contributed by atoms with van der Waals surface area (Å²) in [6, 6.07) is 16.9. The number of benzene rings is 2. The summed E-state index contributed by atoms with van der Waals surface area (Å²) >= 11 is 5.93. The van der Waals surface area contributed by atoms with Crippen molar-refractivity contribution in [2.45, 2.75) is 0 Å². The third kappa shape index (κ3) is 2.40. The van der Waals surface area contributed by atoms with Crippen LogP contribution >= 0.6 is 11.6 Å². The Bertz CT molecular complexity index is 823. The van der Waals surface area contributed by atoms with Crippen LogP contribution < -0.4 is 5.32 Å². The molecule has 0 atom stereocenters. The maximum Gasteiger partial charge on any atom is 0.224 e. The molecule has 0 amide bonds. The van der Waals surface area contributed by atoms with E-state index >= 15 is 0 Å². The van der Waals surface area contributed by atoms with Crippen LogP contribution in [0.25, 0.3) is 10.9 Å². The quantitative estimate of drug-likeness (QED) is 0.723. The van der Waals surface area contributed by atoms with Crippen LogP contribution in [-0.2, 0) is 0 Å². The van der Waals surface area contributed by atoms with Crippen LogP contribution in [0.15, 0.2) is 48.5 Å². The van der Waals surface area contributed by atoms with E-state index in [0.717, 1.165) is 16.6 Å². The Morgan fingerprint density at radius 1 is 1.05 bits per heavy atom. The van der Waals surface area contributed by atoms with Gasteiger partial charge in [0.1, 0.15) is 5.82 Å².